The molecule has 1 saturated heterocycles. The number of aliphatic imine (C=N–C) groups is 1. The zero-order valence-corrected chi connectivity index (χ0v) is 15.9. The van der Waals surface area contributed by atoms with E-state index in [1.165, 1.54) is 0 Å². The fourth-order valence-corrected chi connectivity index (χ4v) is 4.04. The van der Waals surface area contributed by atoms with Crippen molar-refractivity contribution in [1.82, 2.24) is 15.4 Å². The van der Waals surface area contributed by atoms with Gasteiger partial charge in [-0.3, -0.25) is 4.99 Å². The van der Waals surface area contributed by atoms with E-state index in [0.717, 1.165) is 30.6 Å². The third-order valence-corrected chi connectivity index (χ3v) is 5.69. The number of hydrogen-bond acceptors (Lipinski definition) is 4. The molecule has 3 N–H and O–H groups in total. The van der Waals surface area contributed by atoms with Crippen molar-refractivity contribution in [2.75, 3.05) is 33.3 Å². The van der Waals surface area contributed by atoms with Gasteiger partial charge in [0.25, 0.3) is 0 Å². The summed E-state index contributed by atoms with van der Waals surface area (Å²) in [6.07, 6.45) is 2.37. The molecule has 0 saturated carbocycles. The number of guanidine groups is 1. The summed E-state index contributed by atoms with van der Waals surface area (Å²) in [7, 11) is -1.83. The zero-order chi connectivity index (χ0) is 18.3. The lowest BCUT2D eigenvalue weighted by molar-refractivity contribution is 0.114. The van der Waals surface area contributed by atoms with Crippen molar-refractivity contribution in [3.05, 3.63) is 29.3 Å². The molecule has 140 valence electrons. The van der Waals surface area contributed by atoms with Crippen molar-refractivity contribution in [3.8, 4) is 0 Å². The normalized spacial score (nSPS) is 18.4. The molecule has 0 amide bonds. The number of rotatable bonds is 7. The third-order valence-electron chi connectivity index (χ3n) is 4.09. The number of sulfonamides is 1. The number of benzene rings is 1. The highest BCUT2D eigenvalue weighted by Gasteiger charge is 2.17. The van der Waals surface area contributed by atoms with Gasteiger partial charge < -0.3 is 15.4 Å². The van der Waals surface area contributed by atoms with Gasteiger partial charge in [0.15, 0.2) is 5.96 Å². The Bertz CT molecular complexity index is 698. The molecule has 1 atom stereocenters. The molecule has 0 aromatic heterocycles. The first-order valence-electron chi connectivity index (χ1n) is 8.55. The van der Waals surface area contributed by atoms with Crippen LogP contribution in [0.3, 0.4) is 0 Å². The van der Waals surface area contributed by atoms with E-state index in [-0.39, 0.29) is 12.6 Å². The molecule has 25 heavy (non-hydrogen) atoms. The Morgan fingerprint density at radius 3 is 2.76 bits per heavy atom. The van der Waals surface area contributed by atoms with E-state index < -0.39 is 10.0 Å². The van der Waals surface area contributed by atoms with Crippen molar-refractivity contribution >= 4 is 16.0 Å². The minimum absolute atomic E-state index is 0.223. The molecule has 2 rings (SSSR count). The molecule has 1 aromatic rings. The predicted molar refractivity (Wildman–Crippen MR) is 99.4 cm³/mol. The highest BCUT2D eigenvalue weighted by molar-refractivity contribution is 7.89. The molecule has 1 heterocycles. The van der Waals surface area contributed by atoms with E-state index in [0.29, 0.717) is 23.9 Å². The Morgan fingerprint density at radius 2 is 2.08 bits per heavy atom. The zero-order valence-electron chi connectivity index (χ0n) is 15.1. The molecule has 8 heteroatoms. The molecule has 1 unspecified atom stereocenters. The Kier molecular flexibility index (Phi) is 7.22. The van der Waals surface area contributed by atoms with Gasteiger partial charge in [-0.1, -0.05) is 12.1 Å². The Balaban J connectivity index is 1.77. The number of nitrogens with zero attached hydrogens (tertiary/aromatic N) is 1. The molecule has 0 spiro atoms. The average molecular weight is 369 g/mol. The largest absolute Gasteiger partial charge is 0.376 e. The first-order valence-corrected chi connectivity index (χ1v) is 10.0. The summed E-state index contributed by atoms with van der Waals surface area (Å²) in [5, 5.41) is 6.29. The van der Waals surface area contributed by atoms with Crippen LogP contribution >= 0.6 is 0 Å². The maximum absolute atomic E-state index is 12.4. The number of hydrogen-bond donors (Lipinski definition) is 3. The Morgan fingerprint density at radius 1 is 1.28 bits per heavy atom. The lowest BCUT2D eigenvalue weighted by atomic mass is 10.2. The van der Waals surface area contributed by atoms with Crippen molar-refractivity contribution < 1.29 is 13.2 Å². The minimum atomic E-state index is -3.51. The lowest BCUT2D eigenvalue weighted by Crippen LogP contribution is -2.43. The molecule has 1 aliphatic rings. The highest BCUT2D eigenvalue weighted by atomic mass is 32.2. The standard InChI is InChI=1S/C17H28N4O3S/c1-13-6-7-14(2)16(11-13)25(22,23)21-9-8-19-17(18-3)20-12-15-5-4-10-24-15/h6-7,11,15,21H,4-5,8-10,12H2,1-3H3,(H2,18,19,20). The summed E-state index contributed by atoms with van der Waals surface area (Å²) in [6.45, 7) is 5.91. The summed E-state index contributed by atoms with van der Waals surface area (Å²) in [4.78, 5) is 4.46. The predicted octanol–water partition coefficient (Wildman–Crippen LogP) is 0.926. The number of aryl methyl sites for hydroxylation is 2. The van der Waals surface area contributed by atoms with Gasteiger partial charge in [0, 0.05) is 33.3 Å². The second-order valence-corrected chi connectivity index (χ2v) is 7.92. The van der Waals surface area contributed by atoms with Crippen LogP contribution in [-0.2, 0) is 14.8 Å². The van der Waals surface area contributed by atoms with E-state index in [4.69, 9.17) is 4.74 Å². The van der Waals surface area contributed by atoms with Crippen LogP contribution in [0.25, 0.3) is 0 Å². The van der Waals surface area contributed by atoms with E-state index >= 15 is 0 Å². The quantitative estimate of drug-likeness (QED) is 0.378. The van der Waals surface area contributed by atoms with Crippen molar-refractivity contribution in [3.63, 3.8) is 0 Å². The van der Waals surface area contributed by atoms with E-state index in [1.807, 2.05) is 19.1 Å². The van der Waals surface area contributed by atoms with Gasteiger partial charge in [-0.25, -0.2) is 13.1 Å². The second-order valence-electron chi connectivity index (χ2n) is 6.18. The monoisotopic (exact) mass is 368 g/mol. The van der Waals surface area contributed by atoms with Gasteiger partial charge in [0.05, 0.1) is 11.0 Å². The Labute approximate surface area is 150 Å². The average Bonchev–Trinajstić information content (AvgIpc) is 3.09. The van der Waals surface area contributed by atoms with Gasteiger partial charge in [0.1, 0.15) is 0 Å². The van der Waals surface area contributed by atoms with Crippen molar-refractivity contribution in [2.45, 2.75) is 37.7 Å². The van der Waals surface area contributed by atoms with E-state index in [2.05, 4.69) is 20.3 Å². The fourth-order valence-electron chi connectivity index (χ4n) is 2.68. The van der Waals surface area contributed by atoms with E-state index in [9.17, 15) is 8.42 Å². The van der Waals surface area contributed by atoms with Crippen LogP contribution in [0, 0.1) is 13.8 Å². The summed E-state index contributed by atoms with van der Waals surface area (Å²) < 4.78 is 33.0. The smallest absolute Gasteiger partial charge is 0.240 e. The molecule has 1 aliphatic heterocycles. The fraction of sp³-hybridized carbons (Fsp3) is 0.588. The molecular formula is C17H28N4O3S. The molecule has 0 bridgehead atoms. The van der Waals surface area contributed by atoms with Crippen molar-refractivity contribution in [1.29, 1.82) is 0 Å². The second kappa shape index (κ2) is 9.17. The van der Waals surface area contributed by atoms with E-state index in [1.54, 1.807) is 20.0 Å². The summed E-state index contributed by atoms with van der Waals surface area (Å²) in [5.41, 5.74) is 1.66. The first-order chi connectivity index (χ1) is 11.9. The SMILES string of the molecule is CN=C(NCCNS(=O)(=O)c1cc(C)ccc1C)NCC1CCCO1. The molecule has 7 nitrogen and oxygen atoms in total. The minimum Gasteiger partial charge on any atom is -0.376 e. The van der Waals surface area contributed by atoms with Gasteiger partial charge in [0.2, 0.25) is 10.0 Å². The van der Waals surface area contributed by atoms with Crippen LogP contribution < -0.4 is 15.4 Å². The first kappa shape index (κ1) is 19.7. The molecule has 1 fully saturated rings. The summed E-state index contributed by atoms with van der Waals surface area (Å²) >= 11 is 0. The maximum atomic E-state index is 12.4. The van der Waals surface area contributed by atoms with Crippen LogP contribution in [0.15, 0.2) is 28.1 Å². The lowest BCUT2D eigenvalue weighted by Gasteiger charge is -2.15. The van der Waals surface area contributed by atoms with Gasteiger partial charge in [-0.2, -0.15) is 0 Å². The van der Waals surface area contributed by atoms with Crippen LogP contribution in [0.2, 0.25) is 0 Å². The van der Waals surface area contributed by atoms with Gasteiger partial charge in [-0.15, -0.1) is 0 Å². The van der Waals surface area contributed by atoms with Crippen LogP contribution in [0.1, 0.15) is 24.0 Å². The molecule has 0 aliphatic carbocycles. The number of nitrogens with one attached hydrogen (secondary N) is 3. The molecule has 1 aromatic carbocycles. The number of ether oxygens (including phenoxy) is 1. The third kappa shape index (κ3) is 5.98. The van der Waals surface area contributed by atoms with Crippen LogP contribution in [0.5, 0.6) is 0 Å². The summed E-state index contributed by atoms with van der Waals surface area (Å²) in [6, 6.07) is 5.41. The van der Waals surface area contributed by atoms with Crippen molar-refractivity contribution in [2.24, 2.45) is 4.99 Å². The molecular weight excluding hydrogens is 340 g/mol. The topological polar surface area (TPSA) is 91.8 Å². The Hall–Kier alpha value is -1.64. The van der Waals surface area contributed by atoms with Gasteiger partial charge in [-0.05, 0) is 43.9 Å². The van der Waals surface area contributed by atoms with Gasteiger partial charge >= 0.3 is 0 Å². The highest BCUT2D eigenvalue weighted by Crippen LogP contribution is 2.16. The molecule has 0 radical (unpaired) electrons. The summed E-state index contributed by atoms with van der Waals surface area (Å²) in [5.74, 6) is 0.640. The maximum Gasteiger partial charge on any atom is 0.240 e. The van der Waals surface area contributed by atoms with Crippen LogP contribution in [-0.4, -0.2) is 53.8 Å². The van der Waals surface area contributed by atoms with Crippen LogP contribution in [0.4, 0.5) is 0 Å².